The van der Waals surface area contributed by atoms with E-state index in [1.807, 2.05) is 0 Å². The molecule has 0 unspecified atom stereocenters. The van der Waals surface area contributed by atoms with Crippen LogP contribution in [0, 0.1) is 5.41 Å². The van der Waals surface area contributed by atoms with Gasteiger partial charge in [-0.25, -0.2) is 0 Å². The van der Waals surface area contributed by atoms with Crippen LogP contribution >= 0.6 is 0 Å². The summed E-state index contributed by atoms with van der Waals surface area (Å²) in [5.41, 5.74) is 1.18. The second kappa shape index (κ2) is 8.10. The number of hydrogen-bond acceptors (Lipinski definition) is 5. The molecule has 0 saturated heterocycles. The van der Waals surface area contributed by atoms with E-state index in [-0.39, 0.29) is 0 Å². The Morgan fingerprint density at radius 2 is 1.64 bits per heavy atom. The molecule has 1 aromatic carbocycles. The minimum absolute atomic E-state index is 0.293. The Morgan fingerprint density at radius 3 is 2.21 bits per heavy atom. The number of nitrogens with zero attached hydrogens (tertiary/aromatic N) is 3. The number of carbonyl (C=O) groups excluding carboxylic acids is 2. The number of nitrogens with one attached hydrogen (secondary N) is 2. The summed E-state index contributed by atoms with van der Waals surface area (Å²) in [6.45, 7) is 4.81. The average molecular weight is 385 g/mol. The minimum Gasteiger partial charge on any atom is -0.376 e. The van der Waals surface area contributed by atoms with Gasteiger partial charge >= 0.3 is 11.8 Å². The average Bonchev–Trinajstić information content (AvgIpc) is 3.23. The topological polar surface area (TPSA) is 98.1 Å². The van der Waals surface area contributed by atoms with Crippen molar-refractivity contribution in [3.05, 3.63) is 36.7 Å². The third-order valence-electron chi connectivity index (χ3n) is 5.50. The van der Waals surface area contributed by atoms with E-state index in [1.165, 1.54) is 4.80 Å². The second-order valence-corrected chi connectivity index (χ2v) is 8.05. The number of hydrogen-bond donors (Lipinski definition) is 2. The van der Waals surface area contributed by atoms with E-state index >= 15 is 0 Å². The third kappa shape index (κ3) is 4.75. The van der Waals surface area contributed by atoms with E-state index in [0.717, 1.165) is 31.4 Å². The lowest BCUT2D eigenvalue weighted by Crippen LogP contribution is -2.49. The molecule has 2 N–H and O–H groups in total. The van der Waals surface area contributed by atoms with Crippen molar-refractivity contribution >= 4 is 17.5 Å². The van der Waals surface area contributed by atoms with Gasteiger partial charge in [-0.1, -0.05) is 13.8 Å². The summed E-state index contributed by atoms with van der Waals surface area (Å²) in [7, 11) is 1.67. The van der Waals surface area contributed by atoms with Crippen LogP contribution in [-0.4, -0.2) is 46.1 Å². The van der Waals surface area contributed by atoms with Crippen molar-refractivity contribution in [2.75, 3.05) is 19.0 Å². The maximum absolute atomic E-state index is 12.2. The summed E-state index contributed by atoms with van der Waals surface area (Å²) in [5.74, 6) is -1.37. The molecule has 1 saturated carbocycles. The number of anilines is 1. The molecule has 1 aliphatic rings. The largest absolute Gasteiger partial charge is 0.376 e. The molecule has 3 rings (SSSR count). The fourth-order valence-corrected chi connectivity index (χ4v) is 3.37. The lowest BCUT2D eigenvalue weighted by Gasteiger charge is -2.42. The Morgan fingerprint density at radius 1 is 1.04 bits per heavy atom. The number of carbonyl (C=O) groups is 2. The van der Waals surface area contributed by atoms with Gasteiger partial charge in [-0.2, -0.15) is 15.0 Å². The molecule has 150 valence electrons. The fourth-order valence-electron chi connectivity index (χ4n) is 3.37. The van der Waals surface area contributed by atoms with Crippen LogP contribution in [0.25, 0.3) is 5.69 Å². The Bertz CT molecular complexity index is 805. The van der Waals surface area contributed by atoms with Gasteiger partial charge in [0, 0.05) is 19.3 Å². The molecule has 2 aromatic rings. The number of methoxy groups -OCH3 is 1. The number of aromatic nitrogens is 3. The smallest absolute Gasteiger partial charge is 0.313 e. The monoisotopic (exact) mass is 385 g/mol. The first-order valence-electron chi connectivity index (χ1n) is 9.44. The highest BCUT2D eigenvalue weighted by atomic mass is 16.5. The van der Waals surface area contributed by atoms with Gasteiger partial charge in [0.2, 0.25) is 0 Å². The number of rotatable bonds is 5. The van der Waals surface area contributed by atoms with Crippen LogP contribution in [0.15, 0.2) is 36.7 Å². The predicted molar refractivity (Wildman–Crippen MR) is 105 cm³/mol. The van der Waals surface area contributed by atoms with Crippen molar-refractivity contribution in [1.82, 2.24) is 20.3 Å². The van der Waals surface area contributed by atoms with E-state index in [2.05, 4.69) is 34.7 Å². The van der Waals surface area contributed by atoms with Crippen LogP contribution in [0.3, 0.4) is 0 Å². The molecule has 1 fully saturated rings. The van der Waals surface area contributed by atoms with Crippen molar-refractivity contribution in [2.45, 2.75) is 45.1 Å². The van der Waals surface area contributed by atoms with E-state index < -0.39 is 17.4 Å². The van der Waals surface area contributed by atoms with Crippen molar-refractivity contribution in [2.24, 2.45) is 5.41 Å². The molecule has 0 radical (unpaired) electrons. The van der Waals surface area contributed by atoms with Gasteiger partial charge < -0.3 is 15.4 Å². The number of ether oxygens (including phenoxy) is 1. The molecule has 0 atom stereocenters. The fraction of sp³-hybridized carbons (Fsp3) is 0.500. The van der Waals surface area contributed by atoms with Crippen LogP contribution in [0.5, 0.6) is 0 Å². The van der Waals surface area contributed by atoms with Gasteiger partial charge in [-0.05, 0) is 55.4 Å². The molecule has 28 heavy (non-hydrogen) atoms. The van der Waals surface area contributed by atoms with E-state index in [9.17, 15) is 9.59 Å². The molecule has 0 aliphatic heterocycles. The zero-order chi connectivity index (χ0) is 20.2. The van der Waals surface area contributed by atoms with Crippen LogP contribution in [0.1, 0.15) is 39.5 Å². The van der Waals surface area contributed by atoms with Crippen LogP contribution < -0.4 is 10.6 Å². The molecule has 0 bridgehead atoms. The van der Waals surface area contributed by atoms with Crippen molar-refractivity contribution in [3.8, 4) is 5.69 Å². The van der Waals surface area contributed by atoms with Gasteiger partial charge in [0.15, 0.2) is 0 Å². The summed E-state index contributed by atoms with van der Waals surface area (Å²) >= 11 is 0. The van der Waals surface area contributed by atoms with Crippen molar-refractivity contribution in [1.29, 1.82) is 0 Å². The molecular weight excluding hydrogens is 358 g/mol. The van der Waals surface area contributed by atoms with Gasteiger partial charge in [-0.3, -0.25) is 9.59 Å². The predicted octanol–water partition coefficient (Wildman–Crippen LogP) is 2.31. The molecule has 2 amide bonds. The van der Waals surface area contributed by atoms with E-state index in [0.29, 0.717) is 17.6 Å². The maximum atomic E-state index is 12.2. The molecule has 1 aromatic heterocycles. The SMILES string of the molecule is COC1(CNC(=O)C(=O)Nc2ccc(-n3nccn3)cc2)CCC(C)(C)CC1. The lowest BCUT2D eigenvalue weighted by molar-refractivity contribution is -0.137. The highest BCUT2D eigenvalue weighted by Crippen LogP contribution is 2.41. The summed E-state index contributed by atoms with van der Waals surface area (Å²) < 4.78 is 5.71. The zero-order valence-electron chi connectivity index (χ0n) is 16.6. The van der Waals surface area contributed by atoms with Crippen molar-refractivity contribution < 1.29 is 14.3 Å². The molecule has 1 aliphatic carbocycles. The Labute approximate surface area is 164 Å². The minimum atomic E-state index is -0.702. The Kier molecular flexibility index (Phi) is 5.79. The van der Waals surface area contributed by atoms with E-state index in [1.54, 1.807) is 43.8 Å². The Balaban J connectivity index is 1.52. The molecular formula is C20H27N5O3. The number of benzene rings is 1. The summed E-state index contributed by atoms with van der Waals surface area (Å²) in [6, 6.07) is 6.92. The first-order chi connectivity index (χ1) is 13.3. The second-order valence-electron chi connectivity index (χ2n) is 8.05. The van der Waals surface area contributed by atoms with E-state index in [4.69, 9.17) is 4.74 Å². The molecule has 8 heteroatoms. The normalized spacial score (nSPS) is 17.7. The first-order valence-corrected chi connectivity index (χ1v) is 9.44. The quantitative estimate of drug-likeness (QED) is 0.770. The first kappa shape index (κ1) is 20.0. The van der Waals surface area contributed by atoms with Gasteiger partial charge in [0.1, 0.15) is 0 Å². The third-order valence-corrected chi connectivity index (χ3v) is 5.50. The van der Waals surface area contributed by atoms with Crippen LogP contribution in [-0.2, 0) is 14.3 Å². The van der Waals surface area contributed by atoms with Gasteiger partial charge in [-0.15, -0.1) is 0 Å². The highest BCUT2D eigenvalue weighted by Gasteiger charge is 2.38. The van der Waals surface area contributed by atoms with Crippen LogP contribution in [0.2, 0.25) is 0 Å². The van der Waals surface area contributed by atoms with Crippen molar-refractivity contribution in [3.63, 3.8) is 0 Å². The highest BCUT2D eigenvalue weighted by molar-refractivity contribution is 6.39. The van der Waals surface area contributed by atoms with Gasteiger partial charge in [0.25, 0.3) is 0 Å². The number of amides is 2. The standard InChI is InChI=1S/C20H27N5O3/c1-19(2)8-10-20(28-3,11-9-19)14-21-17(26)18(27)24-15-4-6-16(7-5-15)25-22-12-13-23-25/h4-7,12-13H,8-11,14H2,1-3H3,(H,21,26)(H,24,27). The van der Waals surface area contributed by atoms with Crippen LogP contribution in [0.4, 0.5) is 5.69 Å². The lowest BCUT2D eigenvalue weighted by atomic mass is 9.71. The zero-order valence-corrected chi connectivity index (χ0v) is 16.6. The molecule has 8 nitrogen and oxygen atoms in total. The summed E-state index contributed by atoms with van der Waals surface area (Å²) in [6.07, 6.45) is 6.95. The summed E-state index contributed by atoms with van der Waals surface area (Å²) in [5, 5.41) is 13.4. The Hall–Kier alpha value is -2.74. The molecule has 1 heterocycles. The molecule has 0 spiro atoms. The van der Waals surface area contributed by atoms with Gasteiger partial charge in [0.05, 0.1) is 23.7 Å². The summed E-state index contributed by atoms with van der Waals surface area (Å²) in [4.78, 5) is 25.9. The maximum Gasteiger partial charge on any atom is 0.313 e.